The van der Waals surface area contributed by atoms with Gasteiger partial charge in [0.1, 0.15) is 11.5 Å². The number of rotatable bonds is 7. The molecule has 6 heteroatoms. The number of methoxy groups -OCH3 is 1. The minimum absolute atomic E-state index is 0.180. The largest absolute Gasteiger partial charge is 0.497 e. The highest BCUT2D eigenvalue weighted by Crippen LogP contribution is 2.25. The van der Waals surface area contributed by atoms with Crippen LogP contribution in [0.3, 0.4) is 0 Å². The summed E-state index contributed by atoms with van der Waals surface area (Å²) in [7, 11) is 1.59. The Hall–Kier alpha value is -4.06. The van der Waals surface area contributed by atoms with Gasteiger partial charge in [-0.3, -0.25) is 14.2 Å². The first-order valence-electron chi connectivity index (χ1n) is 10.9. The van der Waals surface area contributed by atoms with E-state index in [1.807, 2.05) is 50.2 Å². The van der Waals surface area contributed by atoms with Crippen molar-refractivity contribution in [2.24, 2.45) is 0 Å². The zero-order valence-electron chi connectivity index (χ0n) is 18.9. The molecule has 168 valence electrons. The number of hydrogen-bond acceptors (Lipinski definition) is 4. The van der Waals surface area contributed by atoms with Crippen LogP contribution in [0.4, 0.5) is 5.69 Å². The van der Waals surface area contributed by atoms with E-state index in [4.69, 9.17) is 9.47 Å². The molecule has 0 saturated heterocycles. The average Bonchev–Trinajstić information content (AvgIpc) is 2.86. The second-order valence-corrected chi connectivity index (χ2v) is 7.44. The van der Waals surface area contributed by atoms with Crippen LogP contribution in [0.1, 0.15) is 24.2 Å². The zero-order chi connectivity index (χ0) is 23.4. The maximum Gasteiger partial charge on any atom is 0.262 e. The monoisotopic (exact) mass is 442 g/mol. The molecule has 0 unspecified atom stereocenters. The lowest BCUT2D eigenvalue weighted by Crippen LogP contribution is -2.32. The first-order valence-corrected chi connectivity index (χ1v) is 10.9. The Morgan fingerprint density at radius 2 is 1.52 bits per heavy atom. The number of fused-ring (bicyclic) bond motifs is 1. The maximum atomic E-state index is 13.8. The molecular formula is C27H26N2O4. The fraction of sp³-hybridized carbons (Fsp3) is 0.185. The van der Waals surface area contributed by atoms with Crippen molar-refractivity contribution in [1.82, 2.24) is 4.57 Å². The van der Waals surface area contributed by atoms with Gasteiger partial charge in [-0.2, -0.15) is 0 Å². The van der Waals surface area contributed by atoms with E-state index >= 15 is 0 Å². The molecule has 0 aliphatic rings. The molecule has 0 N–H and O–H groups in total. The van der Waals surface area contributed by atoms with Crippen LogP contribution in [0.2, 0.25) is 0 Å². The topological polar surface area (TPSA) is 60.8 Å². The summed E-state index contributed by atoms with van der Waals surface area (Å²) in [4.78, 5) is 28.7. The van der Waals surface area contributed by atoms with E-state index in [0.29, 0.717) is 40.9 Å². The van der Waals surface area contributed by atoms with Gasteiger partial charge in [-0.15, -0.1) is 0 Å². The molecule has 0 atom stereocenters. The standard InChI is InChI=1S/C27H26N2O4/c1-4-28(19-12-16-22(17-13-19)33-5-2)27(31)25-18-29(20-10-14-21(32-3)15-11-20)26(30)24-9-7-6-8-23(24)25/h6-18H,4-5H2,1-3H3. The Morgan fingerprint density at radius 3 is 2.12 bits per heavy atom. The summed E-state index contributed by atoms with van der Waals surface area (Å²) in [5, 5.41) is 1.11. The minimum atomic E-state index is -0.184. The number of carbonyl (C=O) groups is 1. The summed E-state index contributed by atoms with van der Waals surface area (Å²) in [6, 6.07) is 21.8. The van der Waals surface area contributed by atoms with E-state index in [1.165, 1.54) is 4.57 Å². The molecule has 0 saturated carbocycles. The first kappa shape index (κ1) is 22.1. The molecule has 4 aromatic rings. The molecule has 0 bridgehead atoms. The molecule has 0 aliphatic heterocycles. The van der Waals surface area contributed by atoms with Gasteiger partial charge in [-0.05, 0) is 68.4 Å². The normalized spacial score (nSPS) is 10.8. The van der Waals surface area contributed by atoms with Gasteiger partial charge in [0.15, 0.2) is 0 Å². The number of benzene rings is 3. The Balaban J connectivity index is 1.83. The number of anilines is 1. The molecule has 6 nitrogen and oxygen atoms in total. The molecule has 0 spiro atoms. The Labute approximate surface area is 192 Å². The van der Waals surface area contributed by atoms with Gasteiger partial charge in [0, 0.05) is 34.9 Å². The number of carbonyl (C=O) groups excluding carboxylic acids is 1. The lowest BCUT2D eigenvalue weighted by molar-refractivity contribution is 0.0989. The van der Waals surface area contributed by atoms with Gasteiger partial charge in [0.2, 0.25) is 0 Å². The van der Waals surface area contributed by atoms with Gasteiger partial charge in [0.05, 0.1) is 19.3 Å². The van der Waals surface area contributed by atoms with Crippen molar-refractivity contribution in [2.75, 3.05) is 25.2 Å². The number of nitrogens with zero attached hydrogens (tertiary/aromatic N) is 2. The highest BCUT2D eigenvalue weighted by molar-refractivity contribution is 6.13. The van der Waals surface area contributed by atoms with Crippen LogP contribution in [-0.2, 0) is 0 Å². The van der Waals surface area contributed by atoms with Gasteiger partial charge < -0.3 is 14.4 Å². The Bertz CT molecular complexity index is 1330. The number of hydrogen-bond donors (Lipinski definition) is 0. The van der Waals surface area contributed by atoms with Crippen LogP contribution in [0.15, 0.2) is 83.8 Å². The molecule has 0 fully saturated rings. The summed E-state index contributed by atoms with van der Waals surface area (Å²) in [6.45, 7) is 4.91. The van der Waals surface area contributed by atoms with E-state index < -0.39 is 0 Å². The van der Waals surface area contributed by atoms with Crippen molar-refractivity contribution in [3.8, 4) is 17.2 Å². The second-order valence-electron chi connectivity index (χ2n) is 7.44. The summed E-state index contributed by atoms with van der Waals surface area (Å²) in [5.74, 6) is 1.26. The molecule has 1 heterocycles. The third-order valence-electron chi connectivity index (χ3n) is 5.53. The van der Waals surface area contributed by atoms with Crippen molar-refractivity contribution in [3.63, 3.8) is 0 Å². The summed E-state index contributed by atoms with van der Waals surface area (Å²) < 4.78 is 12.3. The van der Waals surface area contributed by atoms with Crippen LogP contribution < -0.4 is 19.9 Å². The smallest absolute Gasteiger partial charge is 0.262 e. The van der Waals surface area contributed by atoms with Gasteiger partial charge >= 0.3 is 0 Å². The predicted molar refractivity (Wildman–Crippen MR) is 131 cm³/mol. The van der Waals surface area contributed by atoms with Crippen LogP contribution in [-0.4, -0.2) is 30.7 Å². The van der Waals surface area contributed by atoms with Crippen molar-refractivity contribution in [1.29, 1.82) is 0 Å². The summed E-state index contributed by atoms with van der Waals surface area (Å²) >= 11 is 0. The Morgan fingerprint density at radius 1 is 0.879 bits per heavy atom. The first-order chi connectivity index (χ1) is 16.1. The molecule has 33 heavy (non-hydrogen) atoms. The van der Waals surface area contributed by atoms with Crippen molar-refractivity contribution in [3.05, 3.63) is 94.9 Å². The van der Waals surface area contributed by atoms with E-state index in [0.717, 1.165) is 11.4 Å². The van der Waals surface area contributed by atoms with Gasteiger partial charge in [-0.25, -0.2) is 0 Å². The predicted octanol–water partition coefficient (Wildman–Crippen LogP) is 5.06. The fourth-order valence-corrected chi connectivity index (χ4v) is 3.87. The van der Waals surface area contributed by atoms with E-state index in [9.17, 15) is 9.59 Å². The minimum Gasteiger partial charge on any atom is -0.497 e. The molecule has 1 amide bonds. The van der Waals surface area contributed by atoms with Crippen LogP contribution >= 0.6 is 0 Å². The second kappa shape index (κ2) is 9.61. The third-order valence-corrected chi connectivity index (χ3v) is 5.53. The van der Waals surface area contributed by atoms with Crippen LogP contribution in [0, 0.1) is 0 Å². The van der Waals surface area contributed by atoms with Gasteiger partial charge in [-0.1, -0.05) is 18.2 Å². The van der Waals surface area contributed by atoms with Gasteiger partial charge in [0.25, 0.3) is 11.5 Å². The molecule has 3 aromatic carbocycles. The van der Waals surface area contributed by atoms with Crippen LogP contribution in [0.5, 0.6) is 11.5 Å². The molecule has 4 rings (SSSR count). The molecular weight excluding hydrogens is 416 g/mol. The highest BCUT2D eigenvalue weighted by Gasteiger charge is 2.21. The number of amides is 1. The quantitative estimate of drug-likeness (QED) is 0.401. The lowest BCUT2D eigenvalue weighted by atomic mass is 10.1. The third kappa shape index (κ3) is 4.32. The Kier molecular flexibility index (Phi) is 6.45. The van der Waals surface area contributed by atoms with E-state index in [1.54, 1.807) is 54.6 Å². The van der Waals surface area contributed by atoms with E-state index in [2.05, 4.69) is 0 Å². The van der Waals surface area contributed by atoms with Crippen molar-refractivity contribution >= 4 is 22.4 Å². The van der Waals surface area contributed by atoms with E-state index in [-0.39, 0.29) is 11.5 Å². The molecule has 1 aromatic heterocycles. The van der Waals surface area contributed by atoms with Crippen molar-refractivity contribution < 1.29 is 14.3 Å². The molecule has 0 aliphatic carbocycles. The SMILES string of the molecule is CCOc1ccc(N(CC)C(=O)c2cn(-c3ccc(OC)cc3)c(=O)c3ccccc23)cc1. The van der Waals surface area contributed by atoms with Crippen molar-refractivity contribution in [2.45, 2.75) is 13.8 Å². The van der Waals surface area contributed by atoms with Crippen LogP contribution in [0.25, 0.3) is 16.5 Å². The number of aromatic nitrogens is 1. The average molecular weight is 443 g/mol. The number of pyridine rings is 1. The number of ether oxygens (including phenoxy) is 2. The molecule has 0 radical (unpaired) electrons. The lowest BCUT2D eigenvalue weighted by Gasteiger charge is -2.23. The zero-order valence-corrected chi connectivity index (χ0v) is 18.9. The highest BCUT2D eigenvalue weighted by atomic mass is 16.5. The maximum absolute atomic E-state index is 13.8. The summed E-state index contributed by atoms with van der Waals surface area (Å²) in [6.07, 6.45) is 1.63. The summed E-state index contributed by atoms with van der Waals surface area (Å²) in [5.41, 5.74) is 1.69. The fourth-order valence-electron chi connectivity index (χ4n) is 3.87.